The van der Waals surface area contributed by atoms with Crippen molar-refractivity contribution in [2.45, 2.75) is 0 Å². The fourth-order valence-corrected chi connectivity index (χ4v) is 3.97. The average molecular weight is 340 g/mol. The van der Waals surface area contributed by atoms with Crippen LogP contribution in [-0.2, 0) is 0 Å². The molecule has 0 radical (unpaired) electrons. The lowest BCUT2D eigenvalue weighted by atomic mass is 9.84. The zero-order valence-electron chi connectivity index (χ0n) is 11.9. The quantitative estimate of drug-likeness (QED) is 0.459. The summed E-state index contributed by atoms with van der Waals surface area (Å²) in [6.07, 6.45) is 0. The van der Waals surface area contributed by atoms with Crippen molar-refractivity contribution in [1.82, 2.24) is 0 Å². The number of thiophene rings is 1. The number of hydrogen-bond acceptors (Lipinski definition) is 6. The van der Waals surface area contributed by atoms with E-state index in [0.717, 1.165) is 11.3 Å². The Balaban J connectivity index is 2.15. The van der Waals surface area contributed by atoms with Crippen molar-refractivity contribution in [2.24, 2.45) is 0 Å². The molecule has 118 valence electrons. The van der Waals surface area contributed by atoms with Gasteiger partial charge in [0.15, 0.2) is 5.78 Å². The topological polar surface area (TPSA) is 112 Å². The van der Waals surface area contributed by atoms with Gasteiger partial charge in [0.25, 0.3) is 0 Å². The Morgan fingerprint density at radius 3 is 1.96 bits per heavy atom. The number of rotatable bonds is 1. The van der Waals surface area contributed by atoms with E-state index in [9.17, 15) is 29.7 Å². The molecular formula is C17H8O6S. The maximum Gasteiger partial charge on any atom is 0.337 e. The second-order valence-electron chi connectivity index (χ2n) is 5.31. The molecule has 1 aliphatic rings. The number of carboxylic acid groups (broad SMARTS) is 1. The van der Waals surface area contributed by atoms with E-state index >= 15 is 0 Å². The standard InChI is InChI=1S/C17H8O6S/c18-12-6-3-1-2-4-7(6)13(19)11-10(12)14(20)9-8(17(22)23)5-24-16(9)15(11)21/h1-5,18-19H,(H,22,23). The summed E-state index contributed by atoms with van der Waals surface area (Å²) in [4.78, 5) is 36.7. The number of aromatic carboxylic acids is 1. The highest BCUT2D eigenvalue weighted by molar-refractivity contribution is 7.13. The monoisotopic (exact) mass is 340 g/mol. The Hall–Kier alpha value is -3.19. The summed E-state index contributed by atoms with van der Waals surface area (Å²) >= 11 is 0.832. The van der Waals surface area contributed by atoms with E-state index in [-0.39, 0.29) is 37.9 Å². The van der Waals surface area contributed by atoms with Gasteiger partial charge in [-0.15, -0.1) is 11.3 Å². The second kappa shape index (κ2) is 4.65. The van der Waals surface area contributed by atoms with Crippen molar-refractivity contribution in [3.05, 3.63) is 56.8 Å². The SMILES string of the molecule is O=C(O)c1csc2c1C(=O)c1c(c(O)c3ccccc3c1O)C2=O. The first-order valence-electron chi connectivity index (χ1n) is 6.84. The molecule has 3 aromatic rings. The first kappa shape index (κ1) is 14.4. The first-order chi connectivity index (χ1) is 11.4. The lowest BCUT2D eigenvalue weighted by Crippen LogP contribution is -2.21. The Morgan fingerprint density at radius 1 is 0.875 bits per heavy atom. The third kappa shape index (κ3) is 1.61. The molecule has 2 aromatic carbocycles. The average Bonchev–Trinajstić information content (AvgIpc) is 3.02. The van der Waals surface area contributed by atoms with E-state index in [4.69, 9.17) is 0 Å². The van der Waals surface area contributed by atoms with Gasteiger partial charge in [0.1, 0.15) is 11.5 Å². The van der Waals surface area contributed by atoms with Gasteiger partial charge in [-0.1, -0.05) is 24.3 Å². The molecule has 7 heteroatoms. The summed E-state index contributed by atoms with van der Waals surface area (Å²) in [7, 11) is 0. The van der Waals surface area contributed by atoms with Crippen molar-refractivity contribution in [3.8, 4) is 11.5 Å². The molecule has 1 heterocycles. The lowest BCUT2D eigenvalue weighted by molar-refractivity contribution is 0.0693. The molecule has 6 nitrogen and oxygen atoms in total. The molecule has 24 heavy (non-hydrogen) atoms. The van der Waals surface area contributed by atoms with Gasteiger partial charge in [-0.3, -0.25) is 9.59 Å². The van der Waals surface area contributed by atoms with Crippen molar-refractivity contribution in [1.29, 1.82) is 0 Å². The molecule has 0 unspecified atom stereocenters. The van der Waals surface area contributed by atoms with Crippen LogP contribution in [0.15, 0.2) is 29.6 Å². The minimum atomic E-state index is -1.33. The van der Waals surface area contributed by atoms with Gasteiger partial charge in [-0.05, 0) is 0 Å². The predicted octanol–water partition coefficient (Wildman–Crippen LogP) is 2.79. The number of carbonyl (C=O) groups is 3. The number of aromatic hydroxyl groups is 2. The molecule has 0 bridgehead atoms. The van der Waals surface area contributed by atoms with E-state index in [1.165, 1.54) is 17.5 Å². The Kier molecular flexibility index (Phi) is 2.79. The molecule has 0 saturated carbocycles. The Bertz CT molecular complexity index is 1090. The van der Waals surface area contributed by atoms with Crippen LogP contribution in [0, 0.1) is 0 Å². The van der Waals surface area contributed by atoms with Gasteiger partial charge in [0.05, 0.1) is 27.1 Å². The first-order valence-corrected chi connectivity index (χ1v) is 7.72. The molecule has 0 aliphatic heterocycles. The van der Waals surface area contributed by atoms with Crippen molar-refractivity contribution < 1.29 is 29.7 Å². The molecular weight excluding hydrogens is 332 g/mol. The largest absolute Gasteiger partial charge is 0.506 e. The van der Waals surface area contributed by atoms with Crippen LogP contribution >= 0.6 is 11.3 Å². The summed E-state index contributed by atoms with van der Waals surface area (Å²) in [6.45, 7) is 0. The lowest BCUT2D eigenvalue weighted by Gasteiger charge is -2.19. The fraction of sp³-hybridized carbons (Fsp3) is 0. The number of hydrogen-bond donors (Lipinski definition) is 3. The highest BCUT2D eigenvalue weighted by Gasteiger charge is 2.39. The minimum Gasteiger partial charge on any atom is -0.506 e. The van der Waals surface area contributed by atoms with Crippen LogP contribution in [0.2, 0.25) is 0 Å². The van der Waals surface area contributed by atoms with Gasteiger partial charge < -0.3 is 15.3 Å². The second-order valence-corrected chi connectivity index (χ2v) is 6.19. The van der Waals surface area contributed by atoms with Crippen LogP contribution < -0.4 is 0 Å². The highest BCUT2D eigenvalue weighted by atomic mass is 32.1. The number of ketones is 2. The van der Waals surface area contributed by atoms with Crippen LogP contribution in [0.1, 0.15) is 41.5 Å². The molecule has 3 N–H and O–H groups in total. The smallest absolute Gasteiger partial charge is 0.337 e. The number of phenolic OH excluding ortho intramolecular Hbond substituents is 2. The van der Waals surface area contributed by atoms with E-state index < -0.39 is 29.0 Å². The summed E-state index contributed by atoms with van der Waals surface area (Å²) in [5.41, 5.74) is -1.17. The maximum absolute atomic E-state index is 12.8. The molecule has 1 aliphatic carbocycles. The highest BCUT2D eigenvalue weighted by Crippen LogP contribution is 2.45. The zero-order chi connectivity index (χ0) is 17.2. The van der Waals surface area contributed by atoms with E-state index in [2.05, 4.69) is 0 Å². The molecule has 0 amide bonds. The summed E-state index contributed by atoms with van der Waals surface area (Å²) in [5, 5.41) is 31.8. The molecule has 4 rings (SSSR count). The predicted molar refractivity (Wildman–Crippen MR) is 85.4 cm³/mol. The van der Waals surface area contributed by atoms with Gasteiger partial charge in [-0.2, -0.15) is 0 Å². The molecule has 0 saturated heterocycles. The van der Waals surface area contributed by atoms with Crippen LogP contribution in [0.3, 0.4) is 0 Å². The number of benzene rings is 2. The van der Waals surface area contributed by atoms with Crippen LogP contribution in [0.25, 0.3) is 10.8 Å². The van der Waals surface area contributed by atoms with Crippen LogP contribution in [0.4, 0.5) is 0 Å². The van der Waals surface area contributed by atoms with Gasteiger partial charge >= 0.3 is 5.97 Å². The van der Waals surface area contributed by atoms with Crippen molar-refractivity contribution in [2.75, 3.05) is 0 Å². The van der Waals surface area contributed by atoms with E-state index in [0.29, 0.717) is 0 Å². The van der Waals surface area contributed by atoms with E-state index in [1.807, 2.05) is 0 Å². The normalized spacial score (nSPS) is 13.0. The molecule has 0 spiro atoms. The maximum atomic E-state index is 12.8. The van der Waals surface area contributed by atoms with Crippen LogP contribution in [-0.4, -0.2) is 32.9 Å². The summed E-state index contributed by atoms with van der Waals surface area (Å²) < 4.78 is 0. The van der Waals surface area contributed by atoms with E-state index in [1.54, 1.807) is 12.1 Å². The molecule has 1 aromatic heterocycles. The van der Waals surface area contributed by atoms with Gasteiger partial charge in [0.2, 0.25) is 5.78 Å². The summed E-state index contributed by atoms with van der Waals surface area (Å²) in [6, 6.07) is 6.27. The number of carboxylic acids is 1. The fourth-order valence-electron chi connectivity index (χ4n) is 2.99. The van der Waals surface area contributed by atoms with Crippen molar-refractivity contribution >= 4 is 39.6 Å². The number of phenols is 2. The van der Waals surface area contributed by atoms with Crippen molar-refractivity contribution in [3.63, 3.8) is 0 Å². The number of carbonyl (C=O) groups excluding carboxylic acids is 2. The van der Waals surface area contributed by atoms with Gasteiger partial charge in [0, 0.05) is 16.2 Å². The van der Waals surface area contributed by atoms with Gasteiger partial charge in [-0.25, -0.2) is 4.79 Å². The Morgan fingerprint density at radius 2 is 1.42 bits per heavy atom. The molecule has 0 fully saturated rings. The number of fused-ring (bicyclic) bond motifs is 3. The minimum absolute atomic E-state index is 0.0464. The summed E-state index contributed by atoms with van der Waals surface area (Å²) in [5.74, 6) is -3.62. The third-order valence-electron chi connectivity index (χ3n) is 4.07. The Labute approximate surface area is 138 Å². The zero-order valence-corrected chi connectivity index (χ0v) is 12.7. The van der Waals surface area contributed by atoms with Crippen LogP contribution in [0.5, 0.6) is 11.5 Å². The third-order valence-corrected chi connectivity index (χ3v) is 5.05. The molecule has 0 atom stereocenters.